The number of rotatable bonds is 4. The van der Waals surface area contributed by atoms with Gasteiger partial charge in [0.15, 0.2) is 0 Å². The van der Waals surface area contributed by atoms with Gasteiger partial charge in [0.25, 0.3) is 0 Å². The largest absolute Gasteiger partial charge is 0.375 e. The molecule has 17 heavy (non-hydrogen) atoms. The van der Waals surface area contributed by atoms with Crippen LogP contribution in [0.1, 0.15) is 19.5 Å². The van der Waals surface area contributed by atoms with Crippen molar-refractivity contribution in [3.05, 3.63) is 18.1 Å². The molecule has 1 N–H and O–H groups in total. The third-order valence-electron chi connectivity index (χ3n) is 2.96. The van der Waals surface area contributed by atoms with E-state index in [0.717, 1.165) is 31.1 Å². The zero-order valence-electron chi connectivity index (χ0n) is 10.5. The molecule has 1 saturated heterocycles. The Hall–Kier alpha value is -1.20. The molecule has 1 aromatic rings. The summed E-state index contributed by atoms with van der Waals surface area (Å²) in [5, 5.41) is 3.37. The van der Waals surface area contributed by atoms with Crippen molar-refractivity contribution in [1.29, 1.82) is 0 Å². The molecule has 1 aromatic heterocycles. The highest BCUT2D eigenvalue weighted by Crippen LogP contribution is 2.15. The lowest BCUT2D eigenvalue weighted by molar-refractivity contribution is 0.131. The first-order valence-electron chi connectivity index (χ1n) is 6.17. The summed E-state index contributed by atoms with van der Waals surface area (Å²) in [6.45, 7) is 8.47. The van der Waals surface area contributed by atoms with Gasteiger partial charge in [-0.1, -0.05) is 0 Å². The third-order valence-corrected chi connectivity index (χ3v) is 2.96. The van der Waals surface area contributed by atoms with E-state index < -0.39 is 0 Å². The van der Waals surface area contributed by atoms with Gasteiger partial charge >= 0.3 is 0 Å². The van der Waals surface area contributed by atoms with Crippen LogP contribution in [0, 0.1) is 0 Å². The van der Waals surface area contributed by atoms with Crippen LogP contribution in [0.25, 0.3) is 0 Å². The lowest BCUT2D eigenvalue weighted by atomic mass is 10.2. The molecule has 1 atom stereocenters. The van der Waals surface area contributed by atoms with Crippen molar-refractivity contribution in [3.8, 4) is 0 Å². The first-order valence-corrected chi connectivity index (χ1v) is 6.17. The Balaban J connectivity index is 2.08. The van der Waals surface area contributed by atoms with Crippen LogP contribution in [0.2, 0.25) is 0 Å². The Labute approximate surface area is 102 Å². The van der Waals surface area contributed by atoms with Crippen LogP contribution in [-0.4, -0.2) is 42.3 Å². The average molecular weight is 236 g/mol. The van der Waals surface area contributed by atoms with Gasteiger partial charge in [-0.15, -0.1) is 0 Å². The van der Waals surface area contributed by atoms with E-state index in [-0.39, 0.29) is 0 Å². The van der Waals surface area contributed by atoms with Gasteiger partial charge in [-0.3, -0.25) is 0 Å². The second kappa shape index (κ2) is 5.93. The van der Waals surface area contributed by atoms with E-state index in [9.17, 15) is 0 Å². The molecule has 0 unspecified atom stereocenters. The smallest absolute Gasteiger partial charge is 0.132 e. The molecule has 1 fully saturated rings. The lowest BCUT2D eigenvalue weighted by Crippen LogP contribution is -2.50. The zero-order valence-corrected chi connectivity index (χ0v) is 10.5. The van der Waals surface area contributed by atoms with Crippen LogP contribution in [0.5, 0.6) is 0 Å². The molecule has 0 radical (unpaired) electrons. The highest BCUT2D eigenvalue weighted by atomic mass is 16.5. The molecule has 5 heteroatoms. The first-order chi connectivity index (χ1) is 8.31. The van der Waals surface area contributed by atoms with Gasteiger partial charge in [0.05, 0.1) is 12.3 Å². The Morgan fingerprint density at radius 1 is 1.53 bits per heavy atom. The number of ether oxygens (including phenoxy) is 1. The Kier molecular flexibility index (Phi) is 4.28. The Bertz CT molecular complexity index is 358. The second-order valence-corrected chi connectivity index (χ2v) is 4.25. The molecule has 0 amide bonds. The number of hydrogen-bond acceptors (Lipinski definition) is 5. The molecule has 2 heterocycles. The van der Waals surface area contributed by atoms with Crippen LogP contribution in [0.3, 0.4) is 0 Å². The molecule has 0 spiro atoms. The summed E-state index contributed by atoms with van der Waals surface area (Å²) in [7, 11) is 0. The summed E-state index contributed by atoms with van der Waals surface area (Å²) in [5.41, 5.74) is 0.947. The Morgan fingerprint density at radius 3 is 3.18 bits per heavy atom. The summed E-state index contributed by atoms with van der Waals surface area (Å²) < 4.78 is 5.37. The van der Waals surface area contributed by atoms with Crippen molar-refractivity contribution < 1.29 is 4.74 Å². The van der Waals surface area contributed by atoms with E-state index in [1.54, 1.807) is 6.33 Å². The monoisotopic (exact) mass is 236 g/mol. The summed E-state index contributed by atoms with van der Waals surface area (Å²) in [6, 6.07) is 2.50. The van der Waals surface area contributed by atoms with Crippen molar-refractivity contribution in [2.24, 2.45) is 0 Å². The first kappa shape index (κ1) is 12.3. The van der Waals surface area contributed by atoms with Crippen LogP contribution in [0.4, 0.5) is 5.82 Å². The van der Waals surface area contributed by atoms with Crippen LogP contribution in [0.15, 0.2) is 12.4 Å². The molecule has 1 aliphatic rings. The predicted octanol–water partition coefficient (Wildman–Crippen LogP) is 0.811. The Morgan fingerprint density at radius 2 is 2.41 bits per heavy atom. The van der Waals surface area contributed by atoms with Crippen molar-refractivity contribution in [2.45, 2.75) is 26.5 Å². The number of aromatic nitrogens is 2. The number of anilines is 1. The molecule has 0 saturated carbocycles. The molecule has 5 nitrogen and oxygen atoms in total. The van der Waals surface area contributed by atoms with Gasteiger partial charge in [-0.05, 0) is 13.8 Å². The molecule has 0 aliphatic carbocycles. The lowest BCUT2D eigenvalue weighted by Gasteiger charge is -2.34. The maximum Gasteiger partial charge on any atom is 0.132 e. The maximum atomic E-state index is 5.37. The predicted molar refractivity (Wildman–Crippen MR) is 67.0 cm³/mol. The minimum absolute atomic E-state index is 0.471. The topological polar surface area (TPSA) is 50.3 Å². The molecule has 0 aromatic carbocycles. The van der Waals surface area contributed by atoms with E-state index in [1.165, 1.54) is 0 Å². The molecular weight excluding hydrogens is 216 g/mol. The standard InChI is InChI=1S/C12H20N4O/c1-3-17-8-11-6-12(15-9-14-11)16-5-4-13-7-10(16)2/h6,9-10,13H,3-5,7-8H2,1-2H3/t10-/m1/s1. The van der Waals surface area contributed by atoms with Crippen molar-refractivity contribution in [2.75, 3.05) is 31.1 Å². The van der Waals surface area contributed by atoms with Crippen LogP contribution in [-0.2, 0) is 11.3 Å². The second-order valence-electron chi connectivity index (χ2n) is 4.25. The number of piperazine rings is 1. The average Bonchev–Trinajstić information content (AvgIpc) is 2.37. The van der Waals surface area contributed by atoms with Gasteiger partial charge in [0.2, 0.25) is 0 Å². The molecule has 2 rings (SSSR count). The van der Waals surface area contributed by atoms with Crippen molar-refractivity contribution >= 4 is 5.82 Å². The molecular formula is C12H20N4O. The quantitative estimate of drug-likeness (QED) is 0.838. The normalized spacial score (nSPS) is 20.6. The van der Waals surface area contributed by atoms with Crippen LogP contribution < -0.4 is 10.2 Å². The molecule has 94 valence electrons. The minimum atomic E-state index is 0.471. The SMILES string of the molecule is CCOCc1cc(N2CCNC[C@H]2C)ncn1. The highest BCUT2D eigenvalue weighted by Gasteiger charge is 2.19. The van der Waals surface area contributed by atoms with Gasteiger partial charge in [0.1, 0.15) is 12.1 Å². The van der Waals surface area contributed by atoms with Gasteiger partial charge in [-0.2, -0.15) is 0 Å². The summed E-state index contributed by atoms with van der Waals surface area (Å²) in [6.07, 6.45) is 1.62. The van der Waals surface area contributed by atoms with E-state index >= 15 is 0 Å². The van der Waals surface area contributed by atoms with Crippen molar-refractivity contribution in [3.63, 3.8) is 0 Å². The minimum Gasteiger partial charge on any atom is -0.375 e. The van der Waals surface area contributed by atoms with E-state index in [1.807, 2.05) is 13.0 Å². The zero-order chi connectivity index (χ0) is 12.1. The van der Waals surface area contributed by atoms with E-state index in [0.29, 0.717) is 19.3 Å². The van der Waals surface area contributed by atoms with Gasteiger partial charge in [-0.25, -0.2) is 9.97 Å². The fourth-order valence-corrected chi connectivity index (χ4v) is 2.01. The highest BCUT2D eigenvalue weighted by molar-refractivity contribution is 5.40. The van der Waals surface area contributed by atoms with Gasteiger partial charge < -0.3 is 15.0 Å². The fourth-order valence-electron chi connectivity index (χ4n) is 2.01. The maximum absolute atomic E-state index is 5.37. The van der Waals surface area contributed by atoms with Crippen molar-refractivity contribution in [1.82, 2.24) is 15.3 Å². The fraction of sp³-hybridized carbons (Fsp3) is 0.667. The summed E-state index contributed by atoms with van der Waals surface area (Å²) in [5.74, 6) is 1.00. The molecule has 1 aliphatic heterocycles. The van der Waals surface area contributed by atoms with E-state index in [4.69, 9.17) is 4.74 Å². The molecule has 0 bridgehead atoms. The van der Waals surface area contributed by atoms with Crippen LogP contribution >= 0.6 is 0 Å². The number of nitrogens with one attached hydrogen (secondary N) is 1. The number of nitrogens with zero attached hydrogens (tertiary/aromatic N) is 3. The van der Waals surface area contributed by atoms with E-state index in [2.05, 4.69) is 27.1 Å². The number of hydrogen-bond donors (Lipinski definition) is 1. The third kappa shape index (κ3) is 3.14. The van der Waals surface area contributed by atoms with Gasteiger partial charge in [0, 0.05) is 38.3 Å². The summed E-state index contributed by atoms with van der Waals surface area (Å²) >= 11 is 0. The summed E-state index contributed by atoms with van der Waals surface area (Å²) in [4.78, 5) is 10.9.